The van der Waals surface area contributed by atoms with Crippen LogP contribution in [0.15, 0.2) is 13.1 Å². The molecule has 92 valence electrons. The summed E-state index contributed by atoms with van der Waals surface area (Å²) in [6, 6.07) is 0. The van der Waals surface area contributed by atoms with Crippen LogP contribution >= 0.6 is 43.2 Å². The molecule has 0 bridgehead atoms. The first-order chi connectivity index (χ1) is 8.13. The van der Waals surface area contributed by atoms with Crippen molar-refractivity contribution in [3.05, 3.63) is 24.3 Å². The van der Waals surface area contributed by atoms with Gasteiger partial charge >= 0.3 is 0 Å². The number of thiophene rings is 1. The zero-order chi connectivity index (χ0) is 12.4. The molecule has 0 aliphatic heterocycles. The van der Waals surface area contributed by atoms with Gasteiger partial charge in [-0.1, -0.05) is 13.3 Å². The molecular formula is C13H14Br2OS. The van der Waals surface area contributed by atoms with Crippen LogP contribution in [0.4, 0.5) is 0 Å². The number of Topliss-reactive ketones (excluding diaryl/α,β-unsaturated/α-hetero) is 1. The van der Waals surface area contributed by atoms with E-state index in [1.807, 2.05) is 0 Å². The summed E-state index contributed by atoms with van der Waals surface area (Å²) in [5, 5.41) is 0. The van der Waals surface area contributed by atoms with Crippen molar-refractivity contribution in [2.75, 3.05) is 0 Å². The third-order valence-corrected chi connectivity index (χ3v) is 5.73. The van der Waals surface area contributed by atoms with Crippen LogP contribution in [0, 0.1) is 0 Å². The molecule has 0 aromatic carbocycles. The van der Waals surface area contributed by atoms with Gasteiger partial charge in [0.25, 0.3) is 0 Å². The number of hydrogen-bond donors (Lipinski definition) is 0. The fraction of sp³-hybridized carbons (Fsp3) is 0.462. The van der Waals surface area contributed by atoms with Gasteiger partial charge in [-0.15, -0.1) is 11.3 Å². The van der Waals surface area contributed by atoms with Crippen molar-refractivity contribution in [2.45, 2.75) is 39.0 Å². The number of unbranched alkanes of at least 4 members (excludes halogenated alkanes) is 1. The zero-order valence-electron chi connectivity index (χ0n) is 9.69. The van der Waals surface area contributed by atoms with Crippen molar-refractivity contribution in [3.8, 4) is 0 Å². The second-order valence-electron chi connectivity index (χ2n) is 4.24. The fourth-order valence-corrected chi connectivity index (χ4v) is 5.19. The van der Waals surface area contributed by atoms with E-state index in [1.165, 1.54) is 14.9 Å². The van der Waals surface area contributed by atoms with Crippen LogP contribution < -0.4 is 0 Å². The van der Waals surface area contributed by atoms with E-state index >= 15 is 0 Å². The number of carbonyl (C=O) groups excluding carboxylic acids is 1. The monoisotopic (exact) mass is 376 g/mol. The summed E-state index contributed by atoms with van der Waals surface area (Å²) in [4.78, 5) is 12.0. The molecule has 1 aromatic heterocycles. The summed E-state index contributed by atoms with van der Waals surface area (Å²) in [5.74, 6) is 0.326. The van der Waals surface area contributed by atoms with Gasteiger partial charge in [-0.25, -0.2) is 0 Å². The number of hydrogen-bond acceptors (Lipinski definition) is 2. The van der Waals surface area contributed by atoms with Crippen LogP contribution in [-0.2, 0) is 11.2 Å². The molecule has 1 nitrogen and oxygen atoms in total. The molecule has 1 aromatic rings. The van der Waals surface area contributed by atoms with E-state index in [0.717, 1.165) is 35.0 Å². The highest BCUT2D eigenvalue weighted by Crippen LogP contribution is 2.42. The van der Waals surface area contributed by atoms with Crippen LogP contribution in [0.3, 0.4) is 0 Å². The third-order valence-electron chi connectivity index (χ3n) is 3.03. The molecule has 1 aliphatic carbocycles. The maximum Gasteiger partial charge on any atom is 0.158 e. The molecule has 0 amide bonds. The van der Waals surface area contributed by atoms with Gasteiger partial charge in [0.05, 0.1) is 7.57 Å². The molecule has 0 unspecified atom stereocenters. The summed E-state index contributed by atoms with van der Waals surface area (Å²) >= 11 is 8.83. The van der Waals surface area contributed by atoms with Crippen LogP contribution in [0.5, 0.6) is 0 Å². The number of carbonyl (C=O) groups is 1. The minimum Gasteiger partial charge on any atom is -0.295 e. The Labute approximate surface area is 123 Å². The van der Waals surface area contributed by atoms with Crippen molar-refractivity contribution < 1.29 is 4.79 Å². The quantitative estimate of drug-likeness (QED) is 0.689. The molecule has 2 rings (SSSR count). The summed E-state index contributed by atoms with van der Waals surface area (Å²) in [5.41, 5.74) is 3.54. The molecule has 0 saturated heterocycles. The van der Waals surface area contributed by atoms with Gasteiger partial charge in [0.1, 0.15) is 0 Å². The first-order valence-corrected chi connectivity index (χ1v) is 8.24. The molecular weight excluding hydrogens is 364 g/mol. The predicted molar refractivity (Wildman–Crippen MR) is 80.5 cm³/mol. The molecule has 1 heterocycles. The number of rotatable bonds is 4. The van der Waals surface area contributed by atoms with Gasteiger partial charge in [-0.05, 0) is 68.3 Å². The van der Waals surface area contributed by atoms with Crippen molar-refractivity contribution >= 4 is 55.1 Å². The van der Waals surface area contributed by atoms with Gasteiger partial charge < -0.3 is 0 Å². The van der Waals surface area contributed by atoms with Crippen molar-refractivity contribution in [2.24, 2.45) is 0 Å². The predicted octanol–water partition coefficient (Wildman–Crippen LogP) is 5.36. The fourth-order valence-electron chi connectivity index (χ4n) is 2.02. The Morgan fingerprint density at radius 3 is 2.82 bits per heavy atom. The van der Waals surface area contributed by atoms with E-state index in [9.17, 15) is 4.79 Å². The Morgan fingerprint density at radius 1 is 1.35 bits per heavy atom. The minimum absolute atomic E-state index is 0.326. The Balaban J connectivity index is 2.23. The van der Waals surface area contributed by atoms with Gasteiger partial charge in [0, 0.05) is 12.0 Å². The number of halogens is 2. The lowest BCUT2D eigenvalue weighted by molar-refractivity contribution is -0.115. The lowest BCUT2D eigenvalue weighted by Crippen LogP contribution is -2.07. The highest BCUT2D eigenvalue weighted by Gasteiger charge is 2.21. The van der Waals surface area contributed by atoms with E-state index in [1.54, 1.807) is 11.3 Å². The number of fused-ring (bicyclic) bond motifs is 1. The average Bonchev–Trinajstić information content (AvgIpc) is 2.61. The Hall–Kier alpha value is 0.0700. The van der Waals surface area contributed by atoms with E-state index in [-0.39, 0.29) is 0 Å². The minimum atomic E-state index is 0.326. The molecule has 17 heavy (non-hydrogen) atoms. The maximum absolute atomic E-state index is 12.0. The Kier molecular flexibility index (Phi) is 4.61. The first kappa shape index (κ1) is 13.5. The van der Waals surface area contributed by atoms with E-state index in [2.05, 4.69) is 44.9 Å². The smallest absolute Gasteiger partial charge is 0.158 e. The second-order valence-corrected chi connectivity index (χ2v) is 7.89. The first-order valence-electron chi connectivity index (χ1n) is 5.84. The highest BCUT2D eigenvalue weighted by molar-refractivity contribution is 9.12. The second kappa shape index (κ2) is 5.81. The molecule has 4 heteroatoms. The lowest BCUT2D eigenvalue weighted by Gasteiger charge is -2.13. The van der Waals surface area contributed by atoms with Gasteiger partial charge in [-0.2, -0.15) is 0 Å². The molecule has 0 N–H and O–H groups in total. The van der Waals surface area contributed by atoms with Gasteiger partial charge in [-0.3, -0.25) is 4.79 Å². The molecule has 0 fully saturated rings. The highest BCUT2D eigenvalue weighted by atomic mass is 79.9. The summed E-state index contributed by atoms with van der Waals surface area (Å²) < 4.78 is 2.32. The van der Waals surface area contributed by atoms with Crippen LogP contribution in [0.25, 0.3) is 6.08 Å². The Bertz CT molecular complexity index is 474. The molecule has 0 atom stereocenters. The van der Waals surface area contributed by atoms with Crippen LogP contribution in [0.1, 0.15) is 43.7 Å². The van der Waals surface area contributed by atoms with E-state index in [4.69, 9.17) is 0 Å². The summed E-state index contributed by atoms with van der Waals surface area (Å²) in [7, 11) is 0. The topological polar surface area (TPSA) is 17.1 Å². The molecule has 0 radical (unpaired) electrons. The van der Waals surface area contributed by atoms with Crippen molar-refractivity contribution in [3.63, 3.8) is 0 Å². The largest absolute Gasteiger partial charge is 0.295 e. The molecule has 1 aliphatic rings. The van der Waals surface area contributed by atoms with E-state index < -0.39 is 0 Å². The zero-order valence-corrected chi connectivity index (χ0v) is 13.7. The van der Waals surface area contributed by atoms with Gasteiger partial charge in [0.15, 0.2) is 5.78 Å². The van der Waals surface area contributed by atoms with E-state index in [0.29, 0.717) is 12.2 Å². The van der Waals surface area contributed by atoms with Crippen molar-refractivity contribution in [1.82, 2.24) is 0 Å². The van der Waals surface area contributed by atoms with Gasteiger partial charge in [0.2, 0.25) is 0 Å². The third kappa shape index (κ3) is 2.91. The van der Waals surface area contributed by atoms with Crippen LogP contribution in [0.2, 0.25) is 0 Å². The maximum atomic E-state index is 12.0. The number of allylic oxidation sites excluding steroid dienone is 1. The summed E-state index contributed by atoms with van der Waals surface area (Å²) in [6.45, 7) is 2.12. The standard InChI is InChI=1S/C13H14Br2OS/c1-2-3-4-11(16)8-5-6-9-10(7-8)13(15)17-12(9)14/h7H,2-6H2,1H3. The SMILES string of the molecule is CCCCC(=O)C1=Cc2c(Br)sc(Br)c2CC1. The molecule has 0 saturated carbocycles. The summed E-state index contributed by atoms with van der Waals surface area (Å²) in [6.07, 6.45) is 6.71. The normalized spacial score (nSPS) is 14.4. The van der Waals surface area contributed by atoms with Crippen molar-refractivity contribution in [1.29, 1.82) is 0 Å². The lowest BCUT2D eigenvalue weighted by atomic mass is 9.91. The number of ketones is 1. The Morgan fingerprint density at radius 2 is 2.12 bits per heavy atom. The van der Waals surface area contributed by atoms with Crippen LogP contribution in [-0.4, -0.2) is 5.78 Å². The molecule has 0 spiro atoms. The average molecular weight is 378 g/mol.